The van der Waals surface area contributed by atoms with Crippen LogP contribution in [-0.4, -0.2) is 24.5 Å². The van der Waals surface area contributed by atoms with Crippen LogP contribution in [0.4, 0.5) is 0 Å². The van der Waals surface area contributed by atoms with Crippen LogP contribution in [-0.2, 0) is 5.41 Å². The van der Waals surface area contributed by atoms with Crippen molar-refractivity contribution in [3.8, 4) is 0 Å². The largest absolute Gasteiger partial charge is 0.303 e. The van der Waals surface area contributed by atoms with E-state index in [9.17, 15) is 0 Å². The molecule has 0 aromatic heterocycles. The molecular formula is C28H47N. The average molecular weight is 398 g/mol. The van der Waals surface area contributed by atoms with Crippen molar-refractivity contribution in [2.45, 2.75) is 99.3 Å². The molecule has 0 saturated carbocycles. The fraction of sp³-hybridized carbons (Fsp3) is 0.786. The Balaban J connectivity index is 1.82. The quantitative estimate of drug-likeness (QED) is 0.455. The lowest BCUT2D eigenvalue weighted by molar-refractivity contribution is -0.0813. The number of hydrogen-bond donors (Lipinski definition) is 0. The van der Waals surface area contributed by atoms with Gasteiger partial charge in [-0.1, -0.05) is 92.1 Å². The highest BCUT2D eigenvalue weighted by Crippen LogP contribution is 2.62. The molecule has 3 saturated heterocycles. The summed E-state index contributed by atoms with van der Waals surface area (Å²) in [5.41, 5.74) is 2.94. The first-order chi connectivity index (χ1) is 13.3. The van der Waals surface area contributed by atoms with Gasteiger partial charge in [-0.2, -0.15) is 0 Å². The summed E-state index contributed by atoms with van der Waals surface area (Å²) in [7, 11) is 0. The van der Waals surface area contributed by atoms with Gasteiger partial charge in [0.05, 0.1) is 0 Å². The zero-order valence-electron chi connectivity index (χ0n) is 20.7. The van der Waals surface area contributed by atoms with E-state index in [2.05, 4.69) is 90.6 Å². The van der Waals surface area contributed by atoms with Crippen LogP contribution < -0.4 is 0 Å². The van der Waals surface area contributed by atoms with Crippen LogP contribution >= 0.6 is 0 Å². The second-order valence-corrected chi connectivity index (χ2v) is 12.6. The molecule has 0 spiro atoms. The molecule has 1 nitrogen and oxygen atoms in total. The predicted molar refractivity (Wildman–Crippen MR) is 127 cm³/mol. The SMILES string of the molecule is CC(C)(C)C(C)(CCCC12CCN(CC1)CC2)C(C)(C)C(C)(C)c1ccccc1. The molecule has 0 radical (unpaired) electrons. The van der Waals surface area contributed by atoms with Gasteiger partial charge in [0.1, 0.15) is 0 Å². The Labute approximate surface area is 181 Å². The summed E-state index contributed by atoms with van der Waals surface area (Å²) in [4.78, 5) is 2.67. The summed E-state index contributed by atoms with van der Waals surface area (Å²) >= 11 is 0. The minimum absolute atomic E-state index is 0.116. The number of hydrogen-bond acceptors (Lipinski definition) is 1. The predicted octanol–water partition coefficient (Wildman–Crippen LogP) is 7.70. The van der Waals surface area contributed by atoms with Crippen LogP contribution in [0, 0.1) is 21.7 Å². The van der Waals surface area contributed by atoms with E-state index in [1.165, 1.54) is 63.7 Å². The third-order valence-corrected chi connectivity index (χ3v) is 10.4. The van der Waals surface area contributed by atoms with Crippen LogP contribution in [0.2, 0.25) is 0 Å². The van der Waals surface area contributed by atoms with Crippen molar-refractivity contribution in [3.05, 3.63) is 35.9 Å². The molecule has 3 aliphatic rings. The maximum Gasteiger partial charge on any atom is -0.00134 e. The highest BCUT2D eigenvalue weighted by molar-refractivity contribution is 5.28. The lowest BCUT2D eigenvalue weighted by atomic mass is 9.44. The Morgan fingerprint density at radius 2 is 1.31 bits per heavy atom. The molecule has 1 aromatic carbocycles. The van der Waals surface area contributed by atoms with Gasteiger partial charge in [-0.05, 0) is 84.4 Å². The summed E-state index contributed by atoms with van der Waals surface area (Å²) < 4.78 is 0. The number of rotatable bonds is 7. The van der Waals surface area contributed by atoms with Crippen molar-refractivity contribution in [1.29, 1.82) is 0 Å². The molecule has 2 bridgehead atoms. The number of piperidine rings is 3. The number of benzene rings is 1. The minimum atomic E-state index is 0.116. The number of nitrogens with zero attached hydrogens (tertiary/aromatic N) is 1. The zero-order valence-corrected chi connectivity index (χ0v) is 20.7. The first kappa shape index (κ1) is 22.9. The van der Waals surface area contributed by atoms with Crippen molar-refractivity contribution >= 4 is 0 Å². The van der Waals surface area contributed by atoms with E-state index in [0.717, 1.165) is 0 Å². The zero-order chi connectivity index (χ0) is 21.6. The van der Waals surface area contributed by atoms with Gasteiger partial charge >= 0.3 is 0 Å². The van der Waals surface area contributed by atoms with Gasteiger partial charge in [-0.3, -0.25) is 0 Å². The van der Waals surface area contributed by atoms with Crippen molar-refractivity contribution in [2.75, 3.05) is 19.6 Å². The van der Waals surface area contributed by atoms with E-state index < -0.39 is 0 Å². The van der Waals surface area contributed by atoms with Crippen molar-refractivity contribution in [3.63, 3.8) is 0 Å². The maximum absolute atomic E-state index is 2.67. The van der Waals surface area contributed by atoms with E-state index in [0.29, 0.717) is 5.41 Å². The van der Waals surface area contributed by atoms with Gasteiger partial charge in [0.15, 0.2) is 0 Å². The second-order valence-electron chi connectivity index (χ2n) is 12.6. The highest BCUT2D eigenvalue weighted by Gasteiger charge is 2.55. The Morgan fingerprint density at radius 1 is 0.793 bits per heavy atom. The van der Waals surface area contributed by atoms with E-state index in [1.54, 1.807) is 0 Å². The van der Waals surface area contributed by atoms with Crippen LogP contribution in [0.1, 0.15) is 99.5 Å². The summed E-state index contributed by atoms with van der Waals surface area (Å²) in [5.74, 6) is 0. The summed E-state index contributed by atoms with van der Waals surface area (Å²) in [5, 5.41) is 0. The van der Waals surface area contributed by atoms with Gasteiger partial charge in [0.25, 0.3) is 0 Å². The van der Waals surface area contributed by atoms with Crippen molar-refractivity contribution < 1.29 is 0 Å². The Hall–Kier alpha value is -0.820. The third-order valence-electron chi connectivity index (χ3n) is 10.4. The highest BCUT2D eigenvalue weighted by atomic mass is 15.1. The minimum Gasteiger partial charge on any atom is -0.303 e. The van der Waals surface area contributed by atoms with E-state index in [-0.39, 0.29) is 21.7 Å². The number of fused-ring (bicyclic) bond motifs is 3. The Kier molecular flexibility index (Phi) is 6.07. The van der Waals surface area contributed by atoms with Crippen LogP contribution in [0.5, 0.6) is 0 Å². The van der Waals surface area contributed by atoms with E-state index in [1.807, 2.05) is 0 Å². The molecular weight excluding hydrogens is 350 g/mol. The van der Waals surface area contributed by atoms with E-state index >= 15 is 0 Å². The Bertz CT molecular complexity index is 656. The summed E-state index contributed by atoms with van der Waals surface area (Å²) in [6.07, 6.45) is 8.47. The molecule has 3 fully saturated rings. The van der Waals surface area contributed by atoms with Crippen LogP contribution in [0.15, 0.2) is 30.3 Å². The molecule has 1 unspecified atom stereocenters. The van der Waals surface area contributed by atoms with Crippen molar-refractivity contribution in [1.82, 2.24) is 4.90 Å². The molecule has 1 atom stereocenters. The third kappa shape index (κ3) is 3.93. The normalized spacial score (nSPS) is 27.7. The first-order valence-electron chi connectivity index (χ1n) is 12.1. The molecule has 3 heterocycles. The van der Waals surface area contributed by atoms with Gasteiger partial charge < -0.3 is 4.90 Å². The molecule has 1 heteroatoms. The molecule has 164 valence electrons. The molecule has 4 rings (SSSR count). The lowest BCUT2D eigenvalue weighted by Crippen LogP contribution is -2.54. The maximum atomic E-state index is 2.67. The monoisotopic (exact) mass is 397 g/mol. The van der Waals surface area contributed by atoms with Crippen LogP contribution in [0.25, 0.3) is 0 Å². The molecule has 0 amide bonds. The molecule has 29 heavy (non-hydrogen) atoms. The molecule has 0 aliphatic carbocycles. The average Bonchev–Trinajstić information content (AvgIpc) is 2.68. The topological polar surface area (TPSA) is 3.24 Å². The summed E-state index contributed by atoms with van der Waals surface area (Å²) in [6, 6.07) is 11.2. The Morgan fingerprint density at radius 3 is 1.79 bits per heavy atom. The smallest absolute Gasteiger partial charge is 0.00134 e. The van der Waals surface area contributed by atoms with Crippen molar-refractivity contribution in [2.24, 2.45) is 21.7 Å². The van der Waals surface area contributed by atoms with Crippen LogP contribution in [0.3, 0.4) is 0 Å². The fourth-order valence-corrected chi connectivity index (χ4v) is 6.62. The van der Waals surface area contributed by atoms with Gasteiger partial charge in [0, 0.05) is 0 Å². The fourth-order valence-electron chi connectivity index (χ4n) is 6.62. The van der Waals surface area contributed by atoms with E-state index in [4.69, 9.17) is 0 Å². The van der Waals surface area contributed by atoms with Gasteiger partial charge in [0.2, 0.25) is 0 Å². The van der Waals surface area contributed by atoms with Gasteiger partial charge in [-0.25, -0.2) is 0 Å². The van der Waals surface area contributed by atoms with Gasteiger partial charge in [-0.15, -0.1) is 0 Å². The standard InChI is InChI=1S/C28H47N/c1-24(2,3)27(8,15-12-16-28-17-20-29(21-18-28)22-19-28)26(6,7)25(4,5)23-13-10-9-11-14-23/h9-11,13-14H,12,15-22H2,1-8H3. The molecule has 3 aliphatic heterocycles. The molecule has 1 aromatic rings. The first-order valence-corrected chi connectivity index (χ1v) is 12.1. The molecule has 0 N–H and O–H groups in total. The summed E-state index contributed by atoms with van der Waals surface area (Å²) in [6.45, 7) is 24.1. The second kappa shape index (κ2) is 7.70. The lowest BCUT2D eigenvalue weighted by Gasteiger charge is -2.60.